The molecule has 0 aliphatic carbocycles. The van der Waals surface area contributed by atoms with Crippen LogP contribution in [0.5, 0.6) is 0 Å². The van der Waals surface area contributed by atoms with E-state index in [1.165, 1.54) is 12.1 Å². The van der Waals surface area contributed by atoms with Gasteiger partial charge in [-0.3, -0.25) is 5.10 Å². The Morgan fingerprint density at radius 2 is 2.12 bits per heavy atom. The van der Waals surface area contributed by atoms with Gasteiger partial charge in [0.15, 0.2) is 11.6 Å². The third-order valence-corrected chi connectivity index (χ3v) is 4.51. The lowest BCUT2D eigenvalue weighted by atomic mass is 10.2. The average Bonchev–Trinajstić information content (AvgIpc) is 3.22. The number of aromatic nitrogens is 4. The summed E-state index contributed by atoms with van der Waals surface area (Å²) in [5.41, 5.74) is 2.63. The fourth-order valence-corrected chi connectivity index (χ4v) is 3.23. The van der Waals surface area contributed by atoms with Gasteiger partial charge >= 0.3 is 0 Å². The highest BCUT2D eigenvalue weighted by molar-refractivity contribution is 7.17. The molecule has 1 aromatic carbocycles. The van der Waals surface area contributed by atoms with Crippen LogP contribution in [0.3, 0.4) is 0 Å². The molecule has 0 radical (unpaired) electrons. The van der Waals surface area contributed by atoms with Crippen molar-refractivity contribution in [1.82, 2.24) is 20.2 Å². The molecule has 0 saturated carbocycles. The first-order valence-corrected chi connectivity index (χ1v) is 8.58. The summed E-state index contributed by atoms with van der Waals surface area (Å²) in [6, 6.07) is 10.3. The van der Waals surface area contributed by atoms with E-state index in [0.717, 1.165) is 21.5 Å². The molecule has 8 heteroatoms. The van der Waals surface area contributed by atoms with Crippen LogP contribution in [0.4, 0.5) is 22.0 Å². The first-order chi connectivity index (χ1) is 12.2. The fraction of sp³-hybridized carbons (Fsp3) is 0.118. The smallest absolute Gasteiger partial charge is 0.225 e. The number of fused-ring (bicyclic) bond motifs is 1. The Balaban J connectivity index is 1.61. The maximum atomic E-state index is 13.3. The monoisotopic (exact) mass is 354 g/mol. The van der Waals surface area contributed by atoms with Gasteiger partial charge in [0.25, 0.3) is 0 Å². The third kappa shape index (κ3) is 3.43. The zero-order valence-corrected chi connectivity index (χ0v) is 14.2. The number of nitrogens with zero attached hydrogens (tertiary/aromatic N) is 3. The molecule has 4 aromatic rings. The summed E-state index contributed by atoms with van der Waals surface area (Å²) in [6.07, 6.45) is 0. The molecule has 0 spiro atoms. The standard InChI is InChI=1S/C17H15FN6S/c1-10-7-14(24-23-10)21-16-15-13(5-6-25-15)20-17(22-16)19-9-11-3-2-4-12(18)8-11/h2-8H,9H2,1H3,(H3,19,20,21,22,23,24). The number of rotatable bonds is 5. The number of thiophene rings is 1. The molecule has 0 aliphatic rings. The van der Waals surface area contributed by atoms with Crippen molar-refractivity contribution in [3.05, 3.63) is 58.9 Å². The number of halogens is 1. The lowest BCUT2D eigenvalue weighted by Crippen LogP contribution is -2.05. The quantitative estimate of drug-likeness (QED) is 0.500. The molecule has 25 heavy (non-hydrogen) atoms. The minimum absolute atomic E-state index is 0.259. The summed E-state index contributed by atoms with van der Waals surface area (Å²) in [5, 5.41) is 15.4. The van der Waals surface area contributed by atoms with Crippen LogP contribution in [-0.2, 0) is 6.54 Å². The molecule has 0 atom stereocenters. The summed E-state index contributed by atoms with van der Waals surface area (Å²) >= 11 is 1.56. The average molecular weight is 354 g/mol. The van der Waals surface area contributed by atoms with E-state index < -0.39 is 0 Å². The second-order valence-electron chi connectivity index (χ2n) is 5.58. The normalized spacial score (nSPS) is 11.0. The van der Waals surface area contributed by atoms with Gasteiger partial charge in [0.1, 0.15) is 5.82 Å². The summed E-state index contributed by atoms with van der Waals surface area (Å²) in [6.45, 7) is 2.37. The number of hydrogen-bond donors (Lipinski definition) is 3. The van der Waals surface area contributed by atoms with Crippen molar-refractivity contribution in [2.24, 2.45) is 0 Å². The van der Waals surface area contributed by atoms with Crippen LogP contribution in [0.2, 0.25) is 0 Å². The fourth-order valence-electron chi connectivity index (χ4n) is 2.46. The minimum atomic E-state index is -0.259. The topological polar surface area (TPSA) is 78.5 Å². The second kappa shape index (κ2) is 6.48. The van der Waals surface area contributed by atoms with Crippen LogP contribution in [0.15, 0.2) is 41.8 Å². The number of anilines is 3. The van der Waals surface area contributed by atoms with E-state index in [-0.39, 0.29) is 5.82 Å². The first kappa shape index (κ1) is 15.5. The van der Waals surface area contributed by atoms with E-state index in [4.69, 9.17) is 0 Å². The highest BCUT2D eigenvalue weighted by atomic mass is 32.1. The van der Waals surface area contributed by atoms with Gasteiger partial charge in [-0.1, -0.05) is 12.1 Å². The van der Waals surface area contributed by atoms with Crippen molar-refractivity contribution >= 4 is 39.1 Å². The van der Waals surface area contributed by atoms with Gasteiger partial charge in [0.2, 0.25) is 5.95 Å². The molecular weight excluding hydrogens is 339 g/mol. The van der Waals surface area contributed by atoms with Gasteiger partial charge in [0.05, 0.1) is 10.2 Å². The number of aryl methyl sites for hydroxylation is 1. The number of benzene rings is 1. The Morgan fingerprint density at radius 1 is 1.20 bits per heavy atom. The lowest BCUT2D eigenvalue weighted by Gasteiger charge is -2.09. The molecule has 0 amide bonds. The zero-order valence-electron chi connectivity index (χ0n) is 13.4. The maximum absolute atomic E-state index is 13.3. The van der Waals surface area contributed by atoms with Crippen LogP contribution >= 0.6 is 11.3 Å². The van der Waals surface area contributed by atoms with Gasteiger partial charge in [-0.15, -0.1) is 11.3 Å². The predicted molar refractivity (Wildman–Crippen MR) is 97.7 cm³/mol. The van der Waals surface area contributed by atoms with Crippen molar-refractivity contribution < 1.29 is 4.39 Å². The molecule has 3 N–H and O–H groups in total. The molecule has 3 aromatic heterocycles. The van der Waals surface area contributed by atoms with Crippen molar-refractivity contribution in [3.8, 4) is 0 Å². The summed E-state index contributed by atoms with van der Waals surface area (Å²) in [7, 11) is 0. The molecule has 0 unspecified atom stereocenters. The summed E-state index contributed by atoms with van der Waals surface area (Å²) in [4.78, 5) is 9.05. The molecule has 3 heterocycles. The van der Waals surface area contributed by atoms with Gasteiger partial charge < -0.3 is 10.6 Å². The minimum Gasteiger partial charge on any atom is -0.350 e. The van der Waals surface area contributed by atoms with E-state index in [1.807, 2.05) is 30.5 Å². The SMILES string of the molecule is Cc1cc(Nc2nc(NCc3cccc(F)c3)nc3ccsc23)n[nH]1. The number of nitrogens with one attached hydrogen (secondary N) is 3. The zero-order chi connectivity index (χ0) is 17.2. The Morgan fingerprint density at radius 3 is 2.92 bits per heavy atom. The molecule has 6 nitrogen and oxygen atoms in total. The van der Waals surface area contributed by atoms with Gasteiger partial charge in [-0.05, 0) is 36.1 Å². The molecule has 0 fully saturated rings. The van der Waals surface area contributed by atoms with E-state index in [0.29, 0.717) is 24.1 Å². The van der Waals surface area contributed by atoms with E-state index in [1.54, 1.807) is 17.4 Å². The van der Waals surface area contributed by atoms with E-state index in [9.17, 15) is 4.39 Å². The molecule has 4 rings (SSSR count). The highest BCUT2D eigenvalue weighted by Crippen LogP contribution is 2.29. The Hall–Kier alpha value is -3.00. The third-order valence-electron chi connectivity index (χ3n) is 3.60. The second-order valence-corrected chi connectivity index (χ2v) is 6.49. The van der Waals surface area contributed by atoms with Crippen LogP contribution in [0.25, 0.3) is 10.2 Å². The molecule has 0 saturated heterocycles. The lowest BCUT2D eigenvalue weighted by molar-refractivity contribution is 0.626. The van der Waals surface area contributed by atoms with Crippen LogP contribution < -0.4 is 10.6 Å². The Kier molecular flexibility index (Phi) is 4.02. The number of aromatic amines is 1. The predicted octanol–water partition coefficient (Wildman–Crippen LogP) is 4.22. The van der Waals surface area contributed by atoms with E-state index >= 15 is 0 Å². The molecule has 0 aliphatic heterocycles. The number of hydrogen-bond acceptors (Lipinski definition) is 6. The number of H-pyrrole nitrogens is 1. The highest BCUT2D eigenvalue weighted by Gasteiger charge is 2.11. The van der Waals surface area contributed by atoms with Crippen LogP contribution in [0, 0.1) is 12.7 Å². The van der Waals surface area contributed by atoms with Gasteiger partial charge in [0, 0.05) is 18.3 Å². The van der Waals surface area contributed by atoms with Gasteiger partial charge in [-0.25, -0.2) is 9.37 Å². The maximum Gasteiger partial charge on any atom is 0.225 e. The van der Waals surface area contributed by atoms with Crippen molar-refractivity contribution in [2.75, 3.05) is 10.6 Å². The molecular formula is C17H15FN6S. The Labute approximate surface area is 147 Å². The van der Waals surface area contributed by atoms with Crippen molar-refractivity contribution in [3.63, 3.8) is 0 Å². The molecule has 0 bridgehead atoms. The summed E-state index contributed by atoms with van der Waals surface area (Å²) < 4.78 is 14.2. The Bertz CT molecular complexity index is 1020. The van der Waals surface area contributed by atoms with Crippen LogP contribution in [0.1, 0.15) is 11.3 Å². The van der Waals surface area contributed by atoms with Gasteiger partial charge in [-0.2, -0.15) is 10.1 Å². The van der Waals surface area contributed by atoms with Crippen LogP contribution in [-0.4, -0.2) is 20.2 Å². The first-order valence-electron chi connectivity index (χ1n) is 7.70. The van der Waals surface area contributed by atoms with E-state index in [2.05, 4.69) is 30.8 Å². The summed E-state index contributed by atoms with van der Waals surface area (Å²) in [5.74, 6) is 1.60. The van der Waals surface area contributed by atoms with Crippen molar-refractivity contribution in [2.45, 2.75) is 13.5 Å². The van der Waals surface area contributed by atoms with Crippen molar-refractivity contribution in [1.29, 1.82) is 0 Å². The largest absolute Gasteiger partial charge is 0.350 e. The molecule has 126 valence electrons.